The van der Waals surface area contributed by atoms with Crippen LogP contribution in [0.2, 0.25) is 5.02 Å². The fourth-order valence-electron chi connectivity index (χ4n) is 1.55. The first kappa shape index (κ1) is 13.9. The number of hydrogen-bond donors (Lipinski definition) is 2. The summed E-state index contributed by atoms with van der Waals surface area (Å²) in [5.41, 5.74) is 5.98. The fraction of sp³-hybridized carbons (Fsp3) is 0.417. The second-order valence-corrected chi connectivity index (χ2v) is 4.58. The van der Waals surface area contributed by atoms with Crippen molar-refractivity contribution in [1.29, 1.82) is 0 Å². The number of benzene rings is 1. The van der Waals surface area contributed by atoms with Crippen LogP contribution in [0.4, 0.5) is 4.39 Å². The minimum atomic E-state index is -0.734. The highest BCUT2D eigenvalue weighted by molar-refractivity contribution is 6.31. The minimum absolute atomic E-state index is 0.0127. The molecule has 1 rings (SSSR count). The molecule has 1 aromatic carbocycles. The molecule has 5 heteroatoms. The maximum Gasteiger partial charge on any atom is 0.222 e. The molecule has 0 bridgehead atoms. The van der Waals surface area contributed by atoms with Gasteiger partial charge in [0.1, 0.15) is 5.82 Å². The lowest BCUT2D eigenvalue weighted by molar-refractivity contribution is -0.121. The van der Waals surface area contributed by atoms with E-state index in [4.69, 9.17) is 17.3 Å². The summed E-state index contributed by atoms with van der Waals surface area (Å²) >= 11 is 5.86. The number of carbonyl (C=O) groups excluding carboxylic acids is 1. The van der Waals surface area contributed by atoms with Gasteiger partial charge in [-0.25, -0.2) is 4.39 Å². The van der Waals surface area contributed by atoms with E-state index in [9.17, 15) is 9.18 Å². The topological polar surface area (TPSA) is 55.1 Å². The van der Waals surface area contributed by atoms with Crippen molar-refractivity contribution in [1.82, 2.24) is 5.32 Å². The van der Waals surface area contributed by atoms with Gasteiger partial charge in [0.15, 0.2) is 0 Å². The van der Waals surface area contributed by atoms with E-state index in [1.807, 2.05) is 13.8 Å². The summed E-state index contributed by atoms with van der Waals surface area (Å²) in [7, 11) is 0. The Kier molecular flexibility index (Phi) is 4.90. The summed E-state index contributed by atoms with van der Waals surface area (Å²) in [5, 5.41) is 2.94. The summed E-state index contributed by atoms with van der Waals surface area (Å²) < 4.78 is 13.5. The van der Waals surface area contributed by atoms with Crippen molar-refractivity contribution in [3.63, 3.8) is 0 Å². The van der Waals surface area contributed by atoms with Gasteiger partial charge >= 0.3 is 0 Å². The summed E-state index contributed by atoms with van der Waals surface area (Å²) in [6.45, 7) is 3.69. The molecule has 3 nitrogen and oxygen atoms in total. The summed E-state index contributed by atoms with van der Waals surface area (Å²) in [5.74, 6) is -0.700. The molecular weight excluding hydrogens is 243 g/mol. The van der Waals surface area contributed by atoms with Crippen molar-refractivity contribution < 1.29 is 9.18 Å². The smallest absolute Gasteiger partial charge is 0.222 e. The van der Waals surface area contributed by atoms with Gasteiger partial charge in [-0.05, 0) is 26.0 Å². The molecule has 0 saturated heterocycles. The Hall–Kier alpha value is -1.13. The molecule has 0 fully saturated rings. The maximum atomic E-state index is 13.5. The Balaban J connectivity index is 2.76. The van der Waals surface area contributed by atoms with E-state index in [1.165, 1.54) is 12.1 Å². The van der Waals surface area contributed by atoms with Crippen molar-refractivity contribution in [2.45, 2.75) is 32.4 Å². The van der Waals surface area contributed by atoms with Crippen LogP contribution in [-0.4, -0.2) is 11.9 Å². The first-order valence-corrected chi connectivity index (χ1v) is 5.78. The molecule has 0 saturated carbocycles. The van der Waals surface area contributed by atoms with Gasteiger partial charge in [-0.1, -0.05) is 17.7 Å². The van der Waals surface area contributed by atoms with Crippen LogP contribution in [0.3, 0.4) is 0 Å². The van der Waals surface area contributed by atoms with Crippen LogP contribution in [0.5, 0.6) is 0 Å². The largest absolute Gasteiger partial charge is 0.354 e. The quantitative estimate of drug-likeness (QED) is 0.871. The zero-order valence-electron chi connectivity index (χ0n) is 9.84. The van der Waals surface area contributed by atoms with Gasteiger partial charge in [0.05, 0.1) is 0 Å². The van der Waals surface area contributed by atoms with Crippen LogP contribution < -0.4 is 11.1 Å². The van der Waals surface area contributed by atoms with Crippen LogP contribution in [0.25, 0.3) is 0 Å². The third kappa shape index (κ3) is 3.98. The van der Waals surface area contributed by atoms with E-state index >= 15 is 0 Å². The van der Waals surface area contributed by atoms with Crippen LogP contribution in [0.15, 0.2) is 18.2 Å². The van der Waals surface area contributed by atoms with Gasteiger partial charge in [-0.2, -0.15) is 0 Å². The van der Waals surface area contributed by atoms with E-state index in [1.54, 1.807) is 6.07 Å². The molecule has 17 heavy (non-hydrogen) atoms. The average molecular weight is 259 g/mol. The van der Waals surface area contributed by atoms with E-state index in [0.717, 1.165) is 0 Å². The average Bonchev–Trinajstić information content (AvgIpc) is 2.15. The summed E-state index contributed by atoms with van der Waals surface area (Å²) in [6, 6.07) is 3.64. The van der Waals surface area contributed by atoms with E-state index in [-0.39, 0.29) is 29.0 Å². The van der Waals surface area contributed by atoms with E-state index in [2.05, 4.69) is 5.32 Å². The third-order valence-corrected chi connectivity index (χ3v) is 2.56. The second-order valence-electron chi connectivity index (χ2n) is 4.17. The predicted octanol–water partition coefficient (Wildman–Crippen LogP) is 2.39. The lowest BCUT2D eigenvalue weighted by atomic mass is 10.0. The highest BCUT2D eigenvalue weighted by Gasteiger charge is 2.18. The standard InChI is InChI=1S/C12H16ClFN2O/c1-7(2)16-11(17)6-10(15)12-8(13)4-3-5-9(12)14/h3-5,7,10H,6,15H2,1-2H3,(H,16,17). The molecule has 0 radical (unpaired) electrons. The Labute approximate surface area is 105 Å². The highest BCUT2D eigenvalue weighted by atomic mass is 35.5. The molecule has 0 aliphatic heterocycles. The molecule has 0 aliphatic carbocycles. The molecule has 94 valence electrons. The molecule has 0 heterocycles. The third-order valence-electron chi connectivity index (χ3n) is 2.23. The first-order valence-electron chi connectivity index (χ1n) is 5.40. The Morgan fingerprint density at radius 3 is 2.71 bits per heavy atom. The Bertz CT molecular complexity index is 389. The molecule has 3 N–H and O–H groups in total. The normalized spacial score (nSPS) is 12.6. The van der Waals surface area contributed by atoms with Crippen molar-refractivity contribution in [3.05, 3.63) is 34.6 Å². The first-order chi connectivity index (χ1) is 7.91. The van der Waals surface area contributed by atoms with Gasteiger partial charge in [0, 0.05) is 29.1 Å². The number of nitrogens with one attached hydrogen (secondary N) is 1. The van der Waals surface area contributed by atoms with Crippen LogP contribution in [0, 0.1) is 5.82 Å². The van der Waals surface area contributed by atoms with Crippen molar-refractivity contribution in [2.24, 2.45) is 5.73 Å². The monoisotopic (exact) mass is 258 g/mol. The number of carbonyl (C=O) groups is 1. The van der Waals surface area contributed by atoms with Gasteiger partial charge in [0.2, 0.25) is 5.91 Å². The molecule has 0 spiro atoms. The van der Waals surface area contributed by atoms with Gasteiger partial charge in [0.25, 0.3) is 0 Å². The molecule has 0 aliphatic rings. The minimum Gasteiger partial charge on any atom is -0.354 e. The zero-order chi connectivity index (χ0) is 13.0. The Morgan fingerprint density at radius 2 is 2.18 bits per heavy atom. The Morgan fingerprint density at radius 1 is 1.53 bits per heavy atom. The number of hydrogen-bond acceptors (Lipinski definition) is 2. The summed E-state index contributed by atoms with van der Waals surface area (Å²) in [4.78, 5) is 11.5. The van der Waals surface area contributed by atoms with Gasteiger partial charge in [-0.15, -0.1) is 0 Å². The van der Waals surface area contributed by atoms with E-state index in [0.29, 0.717) is 0 Å². The van der Waals surface area contributed by atoms with E-state index < -0.39 is 11.9 Å². The van der Waals surface area contributed by atoms with Crippen molar-refractivity contribution in [3.8, 4) is 0 Å². The number of rotatable bonds is 4. The number of halogens is 2. The van der Waals surface area contributed by atoms with Crippen LogP contribution >= 0.6 is 11.6 Å². The zero-order valence-corrected chi connectivity index (χ0v) is 10.6. The molecule has 0 aromatic heterocycles. The van der Waals surface area contributed by atoms with Gasteiger partial charge < -0.3 is 11.1 Å². The fourth-order valence-corrected chi connectivity index (χ4v) is 1.85. The molecule has 1 unspecified atom stereocenters. The lowest BCUT2D eigenvalue weighted by Gasteiger charge is -2.15. The lowest BCUT2D eigenvalue weighted by Crippen LogP contribution is -2.32. The van der Waals surface area contributed by atoms with Crippen molar-refractivity contribution in [2.75, 3.05) is 0 Å². The predicted molar refractivity (Wildman–Crippen MR) is 66.2 cm³/mol. The molecular formula is C12H16ClFN2O. The SMILES string of the molecule is CC(C)NC(=O)CC(N)c1c(F)cccc1Cl. The molecule has 1 atom stereocenters. The summed E-state index contributed by atoms with van der Waals surface area (Å²) in [6.07, 6.45) is 0.0127. The van der Waals surface area contributed by atoms with Crippen LogP contribution in [0.1, 0.15) is 31.9 Å². The van der Waals surface area contributed by atoms with Gasteiger partial charge in [-0.3, -0.25) is 4.79 Å². The molecule has 1 aromatic rings. The number of nitrogens with two attached hydrogens (primary N) is 1. The second kappa shape index (κ2) is 5.98. The van der Waals surface area contributed by atoms with Crippen LogP contribution in [-0.2, 0) is 4.79 Å². The maximum absolute atomic E-state index is 13.5. The van der Waals surface area contributed by atoms with Crippen molar-refractivity contribution >= 4 is 17.5 Å². The highest BCUT2D eigenvalue weighted by Crippen LogP contribution is 2.26. The number of amides is 1. The molecule has 1 amide bonds.